The Kier molecular flexibility index (Phi) is 8.87. The van der Waals surface area contributed by atoms with Crippen LogP contribution in [0.3, 0.4) is 0 Å². The van der Waals surface area contributed by atoms with Crippen molar-refractivity contribution in [3.8, 4) is 87.6 Å². The van der Waals surface area contributed by atoms with Gasteiger partial charge in [0, 0.05) is 40.8 Å². The van der Waals surface area contributed by atoms with Crippen molar-refractivity contribution >= 4 is 74.9 Å². The first-order valence-electron chi connectivity index (χ1n) is 23.4. The van der Waals surface area contributed by atoms with E-state index in [1.165, 1.54) is 139 Å². The van der Waals surface area contributed by atoms with Gasteiger partial charge >= 0.3 is 0 Å². The summed E-state index contributed by atoms with van der Waals surface area (Å²) in [6.07, 6.45) is 0. The maximum absolute atomic E-state index is 2.43. The molecule has 12 aromatic rings. The van der Waals surface area contributed by atoms with Crippen molar-refractivity contribution in [1.82, 2.24) is 0 Å². The molecule has 0 N–H and O–H groups in total. The van der Waals surface area contributed by atoms with Crippen molar-refractivity contribution in [2.75, 3.05) is 0 Å². The van der Waals surface area contributed by atoms with E-state index in [9.17, 15) is 0 Å². The molecule has 14 rings (SSSR count). The van der Waals surface area contributed by atoms with Crippen LogP contribution in [0.2, 0.25) is 0 Å². The van der Waals surface area contributed by atoms with E-state index in [0.717, 1.165) is 0 Å². The van der Waals surface area contributed by atoms with Gasteiger partial charge in [0.15, 0.2) is 0 Å². The van der Waals surface area contributed by atoms with Crippen molar-refractivity contribution in [2.45, 2.75) is 38.5 Å². The van der Waals surface area contributed by atoms with Crippen LogP contribution in [-0.2, 0) is 10.8 Å². The SMILES string of the molecule is CC1(C)c2cc(-c3ccc(-c4ccc5c(c4)sc4c6ccc(-c7ccc(-c8ccc9c(c8)C(C)(C)c8cc(-c%10cccs%10)ccc8-9)cc7)cc6sc54)cc3)ccc2-c2ccc(-c3cccs3)cc21. The lowest BCUT2D eigenvalue weighted by Gasteiger charge is -2.22. The zero-order valence-electron chi connectivity index (χ0n) is 38.1. The van der Waals surface area contributed by atoms with Crippen molar-refractivity contribution in [3.05, 3.63) is 215 Å². The van der Waals surface area contributed by atoms with Gasteiger partial charge in [0.1, 0.15) is 0 Å². The Morgan fingerprint density at radius 1 is 0.294 bits per heavy atom. The predicted octanol–water partition coefficient (Wildman–Crippen LogP) is 20.0. The molecule has 0 bridgehead atoms. The third-order valence-corrected chi connectivity index (χ3v) is 19.5. The summed E-state index contributed by atoms with van der Waals surface area (Å²) in [6, 6.07) is 69.4. The van der Waals surface area contributed by atoms with Gasteiger partial charge in [-0.15, -0.1) is 45.3 Å². The topological polar surface area (TPSA) is 0 Å². The minimum absolute atomic E-state index is 0.0645. The smallest absolute Gasteiger partial charge is 0.0542 e. The summed E-state index contributed by atoms with van der Waals surface area (Å²) >= 11 is 7.47. The predicted molar refractivity (Wildman–Crippen MR) is 298 cm³/mol. The first-order valence-corrected chi connectivity index (χ1v) is 26.8. The summed E-state index contributed by atoms with van der Waals surface area (Å²) < 4.78 is 5.48. The van der Waals surface area contributed by atoms with E-state index < -0.39 is 0 Å². The van der Waals surface area contributed by atoms with Gasteiger partial charge in [0.2, 0.25) is 0 Å². The second-order valence-corrected chi connectivity index (χ2v) is 23.7. The molecule has 4 heteroatoms. The third-order valence-electron chi connectivity index (χ3n) is 15.1. The minimum Gasteiger partial charge on any atom is -0.144 e. The molecule has 0 nitrogen and oxygen atoms in total. The van der Waals surface area contributed by atoms with E-state index >= 15 is 0 Å². The fourth-order valence-electron chi connectivity index (χ4n) is 11.4. The van der Waals surface area contributed by atoms with Crippen LogP contribution in [0.25, 0.3) is 117 Å². The first-order chi connectivity index (χ1) is 33.2. The summed E-state index contributed by atoms with van der Waals surface area (Å²) in [5.74, 6) is 0. The van der Waals surface area contributed by atoms with Crippen LogP contribution >= 0.6 is 45.3 Å². The van der Waals surface area contributed by atoms with Crippen molar-refractivity contribution in [2.24, 2.45) is 0 Å². The molecule has 4 heterocycles. The molecule has 68 heavy (non-hydrogen) atoms. The zero-order chi connectivity index (χ0) is 45.5. The van der Waals surface area contributed by atoms with E-state index in [4.69, 9.17) is 0 Å². The highest BCUT2D eigenvalue weighted by Crippen LogP contribution is 2.53. The van der Waals surface area contributed by atoms with Crippen LogP contribution in [0.5, 0.6) is 0 Å². The molecule has 0 spiro atoms. The summed E-state index contributed by atoms with van der Waals surface area (Å²) in [5.41, 5.74) is 23.6. The lowest BCUT2D eigenvalue weighted by Crippen LogP contribution is -2.15. The van der Waals surface area contributed by atoms with E-state index in [-0.39, 0.29) is 10.8 Å². The number of fused-ring (bicyclic) bond motifs is 11. The van der Waals surface area contributed by atoms with Gasteiger partial charge in [-0.3, -0.25) is 0 Å². The van der Waals surface area contributed by atoms with Gasteiger partial charge in [-0.25, -0.2) is 0 Å². The molecule has 8 aromatic carbocycles. The quantitative estimate of drug-likeness (QED) is 0.156. The lowest BCUT2D eigenvalue weighted by atomic mass is 9.81. The van der Waals surface area contributed by atoms with Crippen LogP contribution in [0, 0.1) is 0 Å². The first kappa shape index (κ1) is 40.4. The second kappa shape index (κ2) is 14.9. The van der Waals surface area contributed by atoms with Gasteiger partial charge in [-0.1, -0.05) is 161 Å². The molecule has 2 aliphatic rings. The summed E-state index contributed by atoms with van der Waals surface area (Å²) in [6.45, 7) is 9.51. The van der Waals surface area contributed by atoms with Gasteiger partial charge in [-0.2, -0.15) is 0 Å². The number of hydrogen-bond donors (Lipinski definition) is 0. The van der Waals surface area contributed by atoms with Gasteiger partial charge in [0.05, 0.1) is 9.40 Å². The summed E-state index contributed by atoms with van der Waals surface area (Å²) in [5, 5.41) is 7.03. The van der Waals surface area contributed by atoms with Crippen LogP contribution in [0.1, 0.15) is 49.9 Å². The van der Waals surface area contributed by atoms with Crippen molar-refractivity contribution in [1.29, 1.82) is 0 Å². The second-order valence-electron chi connectivity index (χ2n) is 19.7. The van der Waals surface area contributed by atoms with Crippen molar-refractivity contribution in [3.63, 3.8) is 0 Å². The average molecular weight is 941 g/mol. The van der Waals surface area contributed by atoms with E-state index in [1.54, 1.807) is 0 Å². The molecule has 324 valence electrons. The Balaban J connectivity index is 0.706. The molecule has 0 unspecified atom stereocenters. The van der Waals surface area contributed by atoms with Gasteiger partial charge in [0.25, 0.3) is 0 Å². The molecule has 0 radical (unpaired) electrons. The average Bonchev–Trinajstić information content (AvgIpc) is 4.25. The number of rotatable bonds is 6. The van der Waals surface area contributed by atoms with E-state index in [0.29, 0.717) is 0 Å². The highest BCUT2D eigenvalue weighted by atomic mass is 32.1. The summed E-state index contributed by atoms with van der Waals surface area (Å²) in [4.78, 5) is 2.65. The number of thiophene rings is 4. The molecule has 0 saturated carbocycles. The maximum Gasteiger partial charge on any atom is 0.0542 e. The summed E-state index contributed by atoms with van der Waals surface area (Å²) in [7, 11) is 0. The molecular formula is C64H44S4. The third kappa shape index (κ3) is 6.14. The van der Waals surface area contributed by atoms with Gasteiger partial charge in [-0.05, 0) is 159 Å². The molecule has 0 atom stereocenters. The molecule has 0 fully saturated rings. The Hall–Kier alpha value is -6.66. The normalized spacial score (nSPS) is 14.1. The highest BCUT2D eigenvalue weighted by Gasteiger charge is 2.37. The molecule has 2 aliphatic carbocycles. The zero-order valence-corrected chi connectivity index (χ0v) is 41.4. The number of benzene rings is 8. The lowest BCUT2D eigenvalue weighted by molar-refractivity contribution is 0.660. The monoisotopic (exact) mass is 940 g/mol. The largest absolute Gasteiger partial charge is 0.144 e. The fraction of sp³-hybridized carbons (Fsp3) is 0.0938. The Morgan fingerprint density at radius 2 is 0.588 bits per heavy atom. The van der Waals surface area contributed by atoms with Gasteiger partial charge < -0.3 is 0 Å². The van der Waals surface area contributed by atoms with E-state index in [1.807, 2.05) is 45.3 Å². The maximum atomic E-state index is 2.43. The van der Waals surface area contributed by atoms with Crippen LogP contribution < -0.4 is 0 Å². The number of hydrogen-bond acceptors (Lipinski definition) is 4. The Morgan fingerprint density at radius 3 is 0.926 bits per heavy atom. The fourth-order valence-corrected chi connectivity index (χ4v) is 15.5. The highest BCUT2D eigenvalue weighted by molar-refractivity contribution is 7.36. The molecule has 0 saturated heterocycles. The molecule has 0 amide bonds. The van der Waals surface area contributed by atoms with Crippen LogP contribution in [0.4, 0.5) is 0 Å². The van der Waals surface area contributed by atoms with Crippen LogP contribution in [0.15, 0.2) is 193 Å². The molecule has 4 aromatic heterocycles. The standard InChI is InChI=1S/C64H44S4/c1-63(2)53-31-41(17-23-47(53)49-25-21-45(33-55(49)63)57-7-5-29-65-57)37-9-13-39(14-10-37)43-19-27-51-59(35-43)67-62-52-28-20-44(36-60(52)68-61(51)62)40-15-11-38(12-16-40)42-18-24-48-50-26-22-46(58-8-6-30-66-58)34-56(50)64(3,4)54(48)32-42/h5-36H,1-4H3. The Bertz CT molecular complexity index is 3720. The minimum atomic E-state index is -0.0645. The Labute approximate surface area is 413 Å². The molecule has 0 aliphatic heterocycles. The molecular weight excluding hydrogens is 897 g/mol. The van der Waals surface area contributed by atoms with Crippen molar-refractivity contribution < 1.29 is 0 Å². The van der Waals surface area contributed by atoms with Crippen LogP contribution in [-0.4, -0.2) is 0 Å². The van der Waals surface area contributed by atoms with E-state index in [2.05, 4.69) is 220 Å².